The maximum Gasteiger partial charge on any atom is 0.491 e. The summed E-state index contributed by atoms with van der Waals surface area (Å²) in [5.74, 6) is 0.296. The lowest BCUT2D eigenvalue weighted by molar-refractivity contribution is 0.102. The first-order valence-electron chi connectivity index (χ1n) is 7.14. The van der Waals surface area contributed by atoms with E-state index in [4.69, 9.17) is 9.39 Å². The van der Waals surface area contributed by atoms with Gasteiger partial charge in [-0.15, -0.1) is 0 Å². The molecule has 1 aliphatic heterocycles. The first kappa shape index (κ1) is 14.6. The zero-order valence-electron chi connectivity index (χ0n) is 12.2. The molecule has 0 radical (unpaired) electrons. The summed E-state index contributed by atoms with van der Waals surface area (Å²) in [4.78, 5) is 12.4. The number of benzene rings is 2. The van der Waals surface area contributed by atoms with Crippen molar-refractivity contribution in [3.8, 4) is 5.75 Å². The number of para-hydroxylation sites is 1. The summed E-state index contributed by atoms with van der Waals surface area (Å²) in [5.41, 5.74) is 2.71. The quantitative estimate of drug-likeness (QED) is 0.840. The van der Waals surface area contributed by atoms with Crippen LogP contribution in [0.25, 0.3) is 0 Å². The van der Waals surface area contributed by atoms with E-state index in [0.717, 1.165) is 5.56 Å². The highest BCUT2D eigenvalue weighted by molar-refractivity contribution is 6.61. The van der Waals surface area contributed by atoms with Crippen molar-refractivity contribution in [2.24, 2.45) is 0 Å². The van der Waals surface area contributed by atoms with Crippen molar-refractivity contribution in [2.45, 2.75) is 13.5 Å². The van der Waals surface area contributed by atoms with Crippen LogP contribution in [0.2, 0.25) is 0 Å². The van der Waals surface area contributed by atoms with Gasteiger partial charge in [-0.05, 0) is 42.2 Å². The number of fused-ring (bicyclic) bond motifs is 1. The molecule has 22 heavy (non-hydrogen) atoms. The van der Waals surface area contributed by atoms with Gasteiger partial charge < -0.3 is 19.7 Å². The van der Waals surface area contributed by atoms with E-state index in [-0.39, 0.29) is 5.91 Å². The number of carbonyl (C=O) groups is 1. The third kappa shape index (κ3) is 2.84. The molecule has 0 fully saturated rings. The zero-order valence-corrected chi connectivity index (χ0v) is 12.2. The van der Waals surface area contributed by atoms with Crippen molar-refractivity contribution in [1.29, 1.82) is 0 Å². The maximum atomic E-state index is 12.4. The third-order valence-electron chi connectivity index (χ3n) is 3.50. The van der Waals surface area contributed by atoms with E-state index in [1.165, 1.54) is 0 Å². The van der Waals surface area contributed by atoms with Gasteiger partial charge in [0.25, 0.3) is 5.91 Å². The zero-order chi connectivity index (χ0) is 15.5. The maximum absolute atomic E-state index is 12.4. The Balaban J connectivity index is 1.82. The van der Waals surface area contributed by atoms with Crippen LogP contribution in [0.3, 0.4) is 0 Å². The second-order valence-electron chi connectivity index (χ2n) is 4.96. The Hall–Kier alpha value is -2.31. The molecule has 2 aromatic rings. The minimum atomic E-state index is -0.928. The molecule has 0 aromatic heterocycles. The molecule has 0 saturated carbocycles. The molecule has 6 heteroatoms. The Morgan fingerprint density at radius 3 is 3.00 bits per heavy atom. The number of amides is 1. The Labute approximate surface area is 129 Å². The minimum Gasteiger partial charge on any atom is -0.493 e. The second-order valence-corrected chi connectivity index (χ2v) is 4.96. The van der Waals surface area contributed by atoms with Gasteiger partial charge >= 0.3 is 7.12 Å². The molecule has 0 unspecified atom stereocenters. The molecule has 2 aromatic carbocycles. The minimum absolute atomic E-state index is 0.252. The van der Waals surface area contributed by atoms with Gasteiger partial charge in [-0.2, -0.15) is 0 Å². The van der Waals surface area contributed by atoms with Crippen LogP contribution in [0.15, 0.2) is 42.5 Å². The molecule has 1 amide bonds. The highest BCUT2D eigenvalue weighted by atomic mass is 16.5. The molecule has 0 bridgehead atoms. The van der Waals surface area contributed by atoms with Crippen molar-refractivity contribution in [2.75, 3.05) is 11.9 Å². The fraction of sp³-hybridized carbons (Fsp3) is 0.188. The molecule has 112 valence electrons. The number of nitrogens with one attached hydrogen (secondary N) is 1. The predicted octanol–water partition coefficient (Wildman–Crippen LogP) is 1.56. The number of ether oxygens (including phenoxy) is 1. The standard InChI is InChI=1S/C16H16BNO4/c1-2-21-15-6-4-3-5-13(15)16(19)18-12-8-7-11-10-22-17(20)14(11)9-12/h3-9,20H,2,10H2,1H3,(H,18,19). The van der Waals surface area contributed by atoms with Crippen molar-refractivity contribution < 1.29 is 19.2 Å². The van der Waals surface area contributed by atoms with E-state index >= 15 is 0 Å². The van der Waals surface area contributed by atoms with Crippen LogP contribution in [-0.2, 0) is 11.3 Å². The molecule has 0 atom stereocenters. The van der Waals surface area contributed by atoms with Crippen molar-refractivity contribution in [1.82, 2.24) is 0 Å². The summed E-state index contributed by atoms with van der Waals surface area (Å²) in [6, 6.07) is 12.5. The van der Waals surface area contributed by atoms with Crippen LogP contribution in [0.5, 0.6) is 5.75 Å². The summed E-state index contributed by atoms with van der Waals surface area (Å²) in [6.45, 7) is 2.75. The fourth-order valence-corrected chi connectivity index (χ4v) is 2.43. The average molecular weight is 297 g/mol. The molecule has 0 aliphatic carbocycles. The topological polar surface area (TPSA) is 67.8 Å². The second kappa shape index (κ2) is 6.21. The van der Waals surface area contributed by atoms with E-state index < -0.39 is 7.12 Å². The molecule has 0 saturated heterocycles. The third-order valence-corrected chi connectivity index (χ3v) is 3.50. The van der Waals surface area contributed by atoms with Gasteiger partial charge in [-0.1, -0.05) is 18.2 Å². The normalized spacial score (nSPS) is 12.9. The smallest absolute Gasteiger partial charge is 0.491 e. The van der Waals surface area contributed by atoms with Crippen LogP contribution in [0.1, 0.15) is 22.8 Å². The lowest BCUT2D eigenvalue weighted by Crippen LogP contribution is -2.28. The SMILES string of the molecule is CCOc1ccccc1C(=O)Nc1ccc2c(c1)B(O)OC2. The number of rotatable bonds is 4. The number of hydrogen-bond donors (Lipinski definition) is 2. The summed E-state index contributed by atoms with van der Waals surface area (Å²) in [7, 11) is -0.928. The molecule has 5 nitrogen and oxygen atoms in total. The van der Waals surface area contributed by atoms with Gasteiger partial charge in [-0.3, -0.25) is 4.79 Å². The number of carbonyl (C=O) groups excluding carboxylic acids is 1. The van der Waals surface area contributed by atoms with Crippen molar-refractivity contribution >= 4 is 24.2 Å². The molecular weight excluding hydrogens is 281 g/mol. The molecule has 0 spiro atoms. The Morgan fingerprint density at radius 1 is 1.36 bits per heavy atom. The van der Waals surface area contributed by atoms with Crippen LogP contribution in [0.4, 0.5) is 5.69 Å². The first-order chi connectivity index (χ1) is 10.7. The van der Waals surface area contributed by atoms with Crippen LogP contribution in [-0.4, -0.2) is 24.7 Å². The van der Waals surface area contributed by atoms with Gasteiger partial charge in [-0.25, -0.2) is 0 Å². The number of anilines is 1. The summed E-state index contributed by atoms with van der Waals surface area (Å²) in [6.07, 6.45) is 0. The summed E-state index contributed by atoms with van der Waals surface area (Å²) >= 11 is 0. The van der Waals surface area contributed by atoms with Crippen molar-refractivity contribution in [3.05, 3.63) is 53.6 Å². The highest BCUT2D eigenvalue weighted by Crippen LogP contribution is 2.20. The lowest BCUT2D eigenvalue weighted by Gasteiger charge is -2.11. The van der Waals surface area contributed by atoms with E-state index in [0.29, 0.717) is 35.7 Å². The van der Waals surface area contributed by atoms with Crippen molar-refractivity contribution in [3.63, 3.8) is 0 Å². The van der Waals surface area contributed by atoms with Crippen LogP contribution in [0, 0.1) is 0 Å². The fourth-order valence-electron chi connectivity index (χ4n) is 2.43. The monoisotopic (exact) mass is 297 g/mol. The molecular formula is C16H16BNO4. The van der Waals surface area contributed by atoms with Crippen LogP contribution >= 0.6 is 0 Å². The molecule has 3 rings (SSSR count). The highest BCUT2D eigenvalue weighted by Gasteiger charge is 2.27. The lowest BCUT2D eigenvalue weighted by atomic mass is 9.79. The summed E-state index contributed by atoms with van der Waals surface area (Å²) < 4.78 is 10.6. The van der Waals surface area contributed by atoms with E-state index in [1.54, 1.807) is 30.3 Å². The Bertz CT molecular complexity index is 704. The van der Waals surface area contributed by atoms with E-state index in [2.05, 4.69) is 5.32 Å². The summed E-state index contributed by atoms with van der Waals surface area (Å²) in [5, 5.41) is 12.5. The Kier molecular flexibility index (Phi) is 4.13. The van der Waals surface area contributed by atoms with Gasteiger partial charge in [0.15, 0.2) is 0 Å². The van der Waals surface area contributed by atoms with E-state index in [9.17, 15) is 9.82 Å². The van der Waals surface area contributed by atoms with Gasteiger partial charge in [0.2, 0.25) is 0 Å². The van der Waals surface area contributed by atoms with Gasteiger partial charge in [0.1, 0.15) is 5.75 Å². The van der Waals surface area contributed by atoms with Crippen LogP contribution < -0.4 is 15.5 Å². The first-order valence-corrected chi connectivity index (χ1v) is 7.14. The van der Waals surface area contributed by atoms with Gasteiger partial charge in [0.05, 0.1) is 18.8 Å². The van der Waals surface area contributed by atoms with E-state index in [1.807, 2.05) is 19.1 Å². The predicted molar refractivity (Wildman–Crippen MR) is 84.4 cm³/mol. The number of hydrogen-bond acceptors (Lipinski definition) is 4. The van der Waals surface area contributed by atoms with Gasteiger partial charge in [0, 0.05) is 5.69 Å². The largest absolute Gasteiger partial charge is 0.493 e. The molecule has 1 aliphatic rings. The molecule has 2 N–H and O–H groups in total. The average Bonchev–Trinajstić information content (AvgIpc) is 2.89. The Morgan fingerprint density at radius 2 is 2.18 bits per heavy atom. The molecule has 1 heterocycles.